The number of hydrogen-bond acceptors (Lipinski definition) is 7. The third-order valence-electron chi connectivity index (χ3n) is 4.99. The Morgan fingerprint density at radius 2 is 1.97 bits per heavy atom. The highest BCUT2D eigenvalue weighted by Crippen LogP contribution is 2.19. The predicted molar refractivity (Wildman–Crippen MR) is 117 cm³/mol. The first-order chi connectivity index (χ1) is 16.1. The van der Waals surface area contributed by atoms with Gasteiger partial charge in [-0.25, -0.2) is 14.8 Å². The molecule has 33 heavy (non-hydrogen) atoms. The van der Waals surface area contributed by atoms with Crippen molar-refractivity contribution in [2.75, 3.05) is 5.32 Å². The van der Waals surface area contributed by atoms with Crippen LogP contribution in [0.4, 0.5) is 10.6 Å². The van der Waals surface area contributed by atoms with Gasteiger partial charge < -0.3 is 9.73 Å². The summed E-state index contributed by atoms with van der Waals surface area (Å²) in [5, 5.41) is 9.45. The van der Waals surface area contributed by atoms with E-state index in [9.17, 15) is 9.59 Å². The molecule has 4 aromatic heterocycles. The van der Waals surface area contributed by atoms with Crippen LogP contribution in [-0.2, 0) is 6.54 Å². The molecule has 0 aliphatic carbocycles. The van der Waals surface area contributed by atoms with Crippen LogP contribution in [0.25, 0.3) is 17.0 Å². The van der Waals surface area contributed by atoms with Crippen LogP contribution in [-0.4, -0.2) is 41.1 Å². The summed E-state index contributed by atoms with van der Waals surface area (Å²) in [4.78, 5) is 38.1. The molecule has 0 aliphatic heterocycles. The number of aromatic nitrogens is 6. The van der Waals surface area contributed by atoms with Crippen molar-refractivity contribution in [3.05, 3.63) is 84.6 Å². The maximum atomic E-state index is 12.7. The van der Waals surface area contributed by atoms with Crippen LogP contribution >= 0.6 is 0 Å². The molecule has 0 saturated heterocycles. The Morgan fingerprint density at radius 3 is 2.76 bits per heavy atom. The number of rotatable bonds is 5. The minimum Gasteiger partial charge on any atom is -0.451 e. The fraction of sp³-hybridized carbons (Fsp3) is 0.0909. The molecule has 0 unspecified atom stereocenters. The highest BCUT2D eigenvalue weighted by molar-refractivity contribution is 5.97. The van der Waals surface area contributed by atoms with Crippen molar-refractivity contribution in [2.45, 2.75) is 13.5 Å². The Bertz CT molecular complexity index is 1440. The molecule has 164 valence electrons. The number of fused-ring (bicyclic) bond motifs is 1. The second-order valence-electron chi connectivity index (χ2n) is 7.16. The van der Waals surface area contributed by atoms with E-state index in [1.807, 2.05) is 36.5 Å². The van der Waals surface area contributed by atoms with Crippen LogP contribution in [0.1, 0.15) is 21.7 Å². The van der Waals surface area contributed by atoms with Crippen LogP contribution in [0.15, 0.2) is 72.1 Å². The molecule has 5 aromatic rings. The first-order valence-corrected chi connectivity index (χ1v) is 10.0. The van der Waals surface area contributed by atoms with Crippen LogP contribution in [0.2, 0.25) is 0 Å². The van der Waals surface area contributed by atoms with E-state index in [0.717, 1.165) is 15.9 Å². The van der Waals surface area contributed by atoms with E-state index >= 15 is 0 Å². The van der Waals surface area contributed by atoms with Gasteiger partial charge in [-0.15, -0.1) is 0 Å². The number of nitrogens with zero attached hydrogens (tertiary/aromatic N) is 6. The number of nitrogens with one attached hydrogen (secondary N) is 2. The van der Waals surface area contributed by atoms with Gasteiger partial charge in [-0.1, -0.05) is 30.3 Å². The summed E-state index contributed by atoms with van der Waals surface area (Å²) >= 11 is 0. The van der Waals surface area contributed by atoms with Crippen LogP contribution in [0.3, 0.4) is 0 Å². The number of benzene rings is 1. The van der Waals surface area contributed by atoms with E-state index in [4.69, 9.17) is 4.42 Å². The molecule has 4 heterocycles. The van der Waals surface area contributed by atoms with E-state index in [2.05, 4.69) is 30.7 Å². The minimum absolute atomic E-state index is 0.200. The van der Waals surface area contributed by atoms with Gasteiger partial charge in [0.1, 0.15) is 12.1 Å². The third-order valence-corrected chi connectivity index (χ3v) is 4.99. The van der Waals surface area contributed by atoms with E-state index in [1.165, 1.54) is 18.9 Å². The van der Waals surface area contributed by atoms with Crippen molar-refractivity contribution in [1.29, 1.82) is 0 Å². The number of carbonyl (C=O) groups is 2. The Hall–Kier alpha value is -4.80. The fourth-order valence-electron chi connectivity index (χ4n) is 3.28. The predicted octanol–water partition coefficient (Wildman–Crippen LogP) is 2.90. The second kappa shape index (κ2) is 8.38. The van der Waals surface area contributed by atoms with Crippen LogP contribution in [0.5, 0.6) is 0 Å². The summed E-state index contributed by atoms with van der Waals surface area (Å²) in [6.07, 6.45) is 7.69. The number of amides is 2. The van der Waals surface area contributed by atoms with Gasteiger partial charge >= 0.3 is 6.03 Å². The molecule has 2 amide bonds. The van der Waals surface area contributed by atoms with Gasteiger partial charge in [0.15, 0.2) is 6.39 Å². The molecule has 0 spiro atoms. The van der Waals surface area contributed by atoms with Gasteiger partial charge in [-0.2, -0.15) is 14.8 Å². The van der Waals surface area contributed by atoms with Gasteiger partial charge in [-0.05, 0) is 13.0 Å². The SMILES string of the molecule is Cc1c(C(=O)NCc2cocn2)cnn1C(=O)Nc1ccn2cc(-c3ccccc3)nc2n1. The lowest BCUT2D eigenvalue weighted by Gasteiger charge is -2.07. The van der Waals surface area contributed by atoms with Crippen molar-refractivity contribution in [1.82, 2.24) is 34.4 Å². The molecule has 0 atom stereocenters. The largest absolute Gasteiger partial charge is 0.451 e. The summed E-state index contributed by atoms with van der Waals surface area (Å²) < 4.78 is 7.76. The summed E-state index contributed by atoms with van der Waals surface area (Å²) in [5.41, 5.74) is 2.99. The Morgan fingerprint density at radius 1 is 1.12 bits per heavy atom. The Kier molecular flexibility index (Phi) is 5.11. The Labute approximate surface area is 187 Å². The van der Waals surface area contributed by atoms with Crippen molar-refractivity contribution in [3.8, 4) is 11.3 Å². The van der Waals surface area contributed by atoms with E-state index in [-0.39, 0.29) is 18.0 Å². The van der Waals surface area contributed by atoms with E-state index in [1.54, 1.807) is 23.6 Å². The maximum Gasteiger partial charge on any atom is 0.347 e. The highest BCUT2D eigenvalue weighted by Gasteiger charge is 2.19. The fourth-order valence-corrected chi connectivity index (χ4v) is 3.28. The monoisotopic (exact) mass is 442 g/mol. The zero-order valence-corrected chi connectivity index (χ0v) is 17.5. The lowest BCUT2D eigenvalue weighted by molar-refractivity contribution is 0.0950. The topological polar surface area (TPSA) is 132 Å². The molecular formula is C22H18N8O3. The quantitative estimate of drug-likeness (QED) is 0.428. The molecule has 11 heteroatoms. The number of imidazole rings is 1. The number of hydrogen-bond donors (Lipinski definition) is 2. The van der Waals surface area contributed by atoms with Crippen LogP contribution in [0, 0.1) is 6.92 Å². The number of oxazole rings is 1. The zero-order valence-electron chi connectivity index (χ0n) is 17.5. The standard InChI is InChI=1S/C22H18N8O3/c1-14-17(20(31)23-9-16-12-33-13-24-16)10-25-30(14)22(32)28-19-7-8-29-11-18(26-21(29)27-19)15-5-3-2-4-6-15/h2-8,10-13H,9H2,1H3,(H,23,31)(H,26,27,28,32). The van der Waals surface area contributed by atoms with Crippen molar-refractivity contribution >= 4 is 23.5 Å². The number of anilines is 1. The molecule has 1 aromatic carbocycles. The molecule has 0 fully saturated rings. The third kappa shape index (κ3) is 4.06. The van der Waals surface area contributed by atoms with Crippen molar-refractivity contribution in [2.24, 2.45) is 0 Å². The zero-order chi connectivity index (χ0) is 22.8. The minimum atomic E-state index is -0.547. The average molecular weight is 442 g/mol. The van der Waals surface area contributed by atoms with Gasteiger partial charge in [-0.3, -0.25) is 14.5 Å². The average Bonchev–Trinajstić information content (AvgIpc) is 3.57. The lowest BCUT2D eigenvalue weighted by Crippen LogP contribution is -2.25. The summed E-state index contributed by atoms with van der Waals surface area (Å²) in [6, 6.07) is 10.9. The van der Waals surface area contributed by atoms with Crippen molar-refractivity contribution < 1.29 is 14.0 Å². The van der Waals surface area contributed by atoms with E-state index < -0.39 is 6.03 Å². The van der Waals surface area contributed by atoms with Crippen molar-refractivity contribution in [3.63, 3.8) is 0 Å². The van der Waals surface area contributed by atoms with Crippen LogP contribution < -0.4 is 10.6 Å². The molecule has 5 rings (SSSR count). The first kappa shape index (κ1) is 20.1. The smallest absolute Gasteiger partial charge is 0.347 e. The molecule has 0 saturated carbocycles. The molecule has 2 N–H and O–H groups in total. The van der Waals surface area contributed by atoms with Gasteiger partial charge in [0.25, 0.3) is 5.91 Å². The summed E-state index contributed by atoms with van der Waals surface area (Å²) in [6.45, 7) is 1.83. The molecule has 0 aliphatic rings. The Balaban J connectivity index is 1.30. The molecule has 0 bridgehead atoms. The summed E-state index contributed by atoms with van der Waals surface area (Å²) in [5.74, 6) is 0.376. The lowest BCUT2D eigenvalue weighted by atomic mass is 10.2. The van der Waals surface area contributed by atoms with E-state index in [0.29, 0.717) is 23.0 Å². The molecule has 11 nitrogen and oxygen atoms in total. The second-order valence-corrected chi connectivity index (χ2v) is 7.16. The highest BCUT2D eigenvalue weighted by atomic mass is 16.3. The maximum absolute atomic E-state index is 12.7. The van der Waals surface area contributed by atoms with Gasteiger partial charge in [0.05, 0.1) is 35.4 Å². The molecule has 0 radical (unpaired) electrons. The normalized spacial score (nSPS) is 10.9. The number of carbonyl (C=O) groups excluding carboxylic acids is 2. The first-order valence-electron chi connectivity index (χ1n) is 10.0. The molecular weight excluding hydrogens is 424 g/mol. The van der Waals surface area contributed by atoms with Gasteiger partial charge in [0, 0.05) is 18.0 Å². The van der Waals surface area contributed by atoms with Gasteiger partial charge in [0.2, 0.25) is 5.78 Å². The summed E-state index contributed by atoms with van der Waals surface area (Å²) in [7, 11) is 0.